The molecule has 22 heavy (non-hydrogen) atoms. The van der Waals surface area contributed by atoms with Crippen molar-refractivity contribution in [1.82, 2.24) is 5.32 Å². The fourth-order valence-electron chi connectivity index (χ4n) is 2.37. The molecule has 0 bridgehead atoms. The number of benzene rings is 1. The molecule has 5 nitrogen and oxygen atoms in total. The normalized spacial score (nSPS) is 15.6. The van der Waals surface area contributed by atoms with Crippen molar-refractivity contribution in [2.45, 2.75) is 51.2 Å². The first kappa shape index (κ1) is 16.5. The van der Waals surface area contributed by atoms with Gasteiger partial charge >= 0.3 is 6.03 Å². The van der Waals surface area contributed by atoms with Crippen molar-refractivity contribution < 1.29 is 19.0 Å². The molecule has 1 aromatic rings. The largest absolute Gasteiger partial charge is 0.487 e. The second kappa shape index (κ2) is 6.96. The Labute approximate surface area is 129 Å². The van der Waals surface area contributed by atoms with Crippen molar-refractivity contribution >= 4 is 11.7 Å². The van der Waals surface area contributed by atoms with Gasteiger partial charge in [0.15, 0.2) is 11.6 Å². The Kier molecular flexibility index (Phi) is 5.24. The molecular weight excluding hydrogens is 287 g/mol. The zero-order valence-corrected chi connectivity index (χ0v) is 13.0. The van der Waals surface area contributed by atoms with Crippen molar-refractivity contribution in [2.24, 2.45) is 0 Å². The first-order valence-electron chi connectivity index (χ1n) is 7.56. The minimum absolute atomic E-state index is 0.0851. The molecule has 0 saturated heterocycles. The number of urea groups is 1. The molecule has 1 aliphatic rings. The average Bonchev–Trinajstić information content (AvgIpc) is 2.94. The van der Waals surface area contributed by atoms with Crippen LogP contribution in [0.25, 0.3) is 0 Å². The minimum Gasteiger partial charge on any atom is -0.487 e. The summed E-state index contributed by atoms with van der Waals surface area (Å²) in [7, 11) is 0. The van der Waals surface area contributed by atoms with Crippen molar-refractivity contribution in [2.75, 3.05) is 11.9 Å². The summed E-state index contributed by atoms with van der Waals surface area (Å²) in [6.45, 7) is 3.18. The SMILES string of the molecule is CC(C)(CO)NC(=O)Nc1ccc(OC2CCCC2)c(F)c1. The highest BCUT2D eigenvalue weighted by Gasteiger charge is 2.20. The highest BCUT2D eigenvalue weighted by molar-refractivity contribution is 5.89. The number of hydrogen-bond acceptors (Lipinski definition) is 3. The van der Waals surface area contributed by atoms with E-state index in [-0.39, 0.29) is 18.5 Å². The quantitative estimate of drug-likeness (QED) is 0.783. The van der Waals surface area contributed by atoms with Crippen LogP contribution in [-0.2, 0) is 0 Å². The van der Waals surface area contributed by atoms with Crippen molar-refractivity contribution in [3.05, 3.63) is 24.0 Å². The van der Waals surface area contributed by atoms with Crippen molar-refractivity contribution in [3.8, 4) is 5.75 Å². The fourth-order valence-corrected chi connectivity index (χ4v) is 2.37. The van der Waals surface area contributed by atoms with Gasteiger partial charge in [0.25, 0.3) is 0 Å². The maximum absolute atomic E-state index is 14.0. The number of carbonyl (C=O) groups is 1. The van der Waals surface area contributed by atoms with E-state index in [1.54, 1.807) is 19.9 Å². The molecule has 2 amide bonds. The molecule has 0 spiro atoms. The van der Waals surface area contributed by atoms with Gasteiger partial charge in [0, 0.05) is 11.8 Å². The van der Waals surface area contributed by atoms with E-state index >= 15 is 0 Å². The smallest absolute Gasteiger partial charge is 0.319 e. The van der Waals surface area contributed by atoms with Gasteiger partial charge in [-0.2, -0.15) is 0 Å². The van der Waals surface area contributed by atoms with Gasteiger partial charge < -0.3 is 20.5 Å². The van der Waals surface area contributed by atoms with Crippen LogP contribution >= 0.6 is 0 Å². The Bertz CT molecular complexity index is 528. The number of anilines is 1. The van der Waals surface area contributed by atoms with Crippen LogP contribution in [0.2, 0.25) is 0 Å². The lowest BCUT2D eigenvalue weighted by Crippen LogP contribution is -2.48. The van der Waals surface area contributed by atoms with Gasteiger partial charge in [0.05, 0.1) is 18.2 Å². The maximum atomic E-state index is 14.0. The molecule has 0 atom stereocenters. The number of amides is 2. The van der Waals surface area contributed by atoms with Crippen LogP contribution < -0.4 is 15.4 Å². The van der Waals surface area contributed by atoms with Gasteiger partial charge in [-0.15, -0.1) is 0 Å². The first-order valence-corrected chi connectivity index (χ1v) is 7.56. The number of carbonyl (C=O) groups excluding carboxylic acids is 1. The second-order valence-corrected chi connectivity index (χ2v) is 6.29. The van der Waals surface area contributed by atoms with Crippen LogP contribution in [0.1, 0.15) is 39.5 Å². The summed E-state index contributed by atoms with van der Waals surface area (Å²) in [6.07, 6.45) is 4.23. The van der Waals surface area contributed by atoms with Crippen LogP contribution in [-0.4, -0.2) is 29.4 Å². The molecule has 3 N–H and O–H groups in total. The first-order chi connectivity index (χ1) is 10.4. The predicted octanol–water partition coefficient (Wildman–Crippen LogP) is 3.04. The average molecular weight is 310 g/mol. The van der Waals surface area contributed by atoms with E-state index in [1.165, 1.54) is 12.1 Å². The Hall–Kier alpha value is -1.82. The molecule has 0 aromatic heterocycles. The number of halogens is 1. The van der Waals surface area contributed by atoms with E-state index < -0.39 is 17.4 Å². The Morgan fingerprint density at radius 3 is 2.68 bits per heavy atom. The Morgan fingerprint density at radius 2 is 2.09 bits per heavy atom. The predicted molar refractivity (Wildman–Crippen MR) is 82.6 cm³/mol. The Balaban J connectivity index is 1.95. The molecule has 0 radical (unpaired) electrons. The van der Waals surface area contributed by atoms with E-state index in [0.717, 1.165) is 25.7 Å². The molecule has 1 aromatic carbocycles. The fraction of sp³-hybridized carbons (Fsp3) is 0.562. The summed E-state index contributed by atoms with van der Waals surface area (Å²) in [4.78, 5) is 11.8. The summed E-state index contributed by atoms with van der Waals surface area (Å²) < 4.78 is 19.6. The van der Waals surface area contributed by atoms with Crippen LogP contribution in [0.3, 0.4) is 0 Å². The zero-order chi connectivity index (χ0) is 16.2. The number of ether oxygens (including phenoxy) is 1. The van der Waals surface area contributed by atoms with E-state index in [0.29, 0.717) is 5.69 Å². The molecule has 0 unspecified atom stereocenters. The monoisotopic (exact) mass is 310 g/mol. The lowest BCUT2D eigenvalue weighted by Gasteiger charge is -2.23. The summed E-state index contributed by atoms with van der Waals surface area (Å²) in [6, 6.07) is 3.86. The highest BCUT2D eigenvalue weighted by atomic mass is 19.1. The maximum Gasteiger partial charge on any atom is 0.319 e. The summed E-state index contributed by atoms with van der Waals surface area (Å²) in [5.74, 6) is -0.278. The molecule has 6 heteroatoms. The molecule has 1 saturated carbocycles. The lowest BCUT2D eigenvalue weighted by atomic mass is 10.1. The van der Waals surface area contributed by atoms with E-state index in [2.05, 4.69) is 10.6 Å². The zero-order valence-electron chi connectivity index (χ0n) is 13.0. The number of aliphatic hydroxyl groups excluding tert-OH is 1. The van der Waals surface area contributed by atoms with Crippen molar-refractivity contribution in [3.63, 3.8) is 0 Å². The number of nitrogens with one attached hydrogen (secondary N) is 2. The lowest BCUT2D eigenvalue weighted by molar-refractivity contribution is 0.187. The summed E-state index contributed by atoms with van der Waals surface area (Å²) in [5, 5.41) is 14.2. The molecular formula is C16H23FN2O3. The second-order valence-electron chi connectivity index (χ2n) is 6.29. The van der Waals surface area contributed by atoms with Crippen molar-refractivity contribution in [1.29, 1.82) is 0 Å². The number of aliphatic hydroxyl groups is 1. The van der Waals surface area contributed by atoms with Gasteiger partial charge in [0.1, 0.15) is 0 Å². The van der Waals surface area contributed by atoms with Gasteiger partial charge in [-0.1, -0.05) is 0 Å². The molecule has 0 aliphatic heterocycles. The van der Waals surface area contributed by atoms with Gasteiger partial charge in [-0.3, -0.25) is 0 Å². The topological polar surface area (TPSA) is 70.6 Å². The van der Waals surface area contributed by atoms with E-state index in [9.17, 15) is 9.18 Å². The third kappa shape index (κ3) is 4.59. The minimum atomic E-state index is -0.742. The van der Waals surface area contributed by atoms with Gasteiger partial charge in [0.2, 0.25) is 0 Å². The Morgan fingerprint density at radius 1 is 1.41 bits per heavy atom. The van der Waals surface area contributed by atoms with Crippen LogP contribution in [0, 0.1) is 5.82 Å². The summed E-state index contributed by atoms with van der Waals surface area (Å²) in [5.41, 5.74) is -0.406. The van der Waals surface area contributed by atoms with Crippen LogP contribution in [0.4, 0.5) is 14.9 Å². The number of hydrogen-bond donors (Lipinski definition) is 3. The van der Waals surface area contributed by atoms with Gasteiger partial charge in [-0.05, 0) is 51.7 Å². The highest BCUT2D eigenvalue weighted by Crippen LogP contribution is 2.27. The van der Waals surface area contributed by atoms with Crippen LogP contribution in [0.15, 0.2) is 18.2 Å². The van der Waals surface area contributed by atoms with E-state index in [4.69, 9.17) is 9.84 Å². The molecule has 2 rings (SSSR count). The molecule has 122 valence electrons. The molecule has 1 fully saturated rings. The van der Waals surface area contributed by atoms with Gasteiger partial charge in [-0.25, -0.2) is 9.18 Å². The third-order valence-electron chi connectivity index (χ3n) is 3.63. The third-order valence-corrected chi connectivity index (χ3v) is 3.63. The summed E-state index contributed by atoms with van der Waals surface area (Å²) >= 11 is 0. The molecule has 0 heterocycles. The van der Waals surface area contributed by atoms with E-state index in [1.807, 2.05) is 0 Å². The number of rotatable bonds is 5. The molecule has 1 aliphatic carbocycles. The van der Waals surface area contributed by atoms with Crippen LogP contribution in [0.5, 0.6) is 5.75 Å². The standard InChI is InChI=1S/C16H23FN2O3/c1-16(2,10-20)19-15(21)18-11-7-8-14(13(17)9-11)22-12-5-3-4-6-12/h7-9,12,20H,3-6,10H2,1-2H3,(H2,18,19,21).